The van der Waals surface area contributed by atoms with Crippen molar-refractivity contribution in [2.24, 2.45) is 0 Å². The molecule has 0 aliphatic carbocycles. The normalized spacial score (nSPS) is 14.7. The molecule has 0 spiro atoms. The third-order valence-electron chi connectivity index (χ3n) is 2.14. The van der Waals surface area contributed by atoms with E-state index in [2.05, 4.69) is 33.2 Å². The number of thioether (sulfide) groups is 1. The predicted molar refractivity (Wildman–Crippen MR) is 69.4 cm³/mol. The number of hydrogen-bond donors (Lipinski definition) is 2. The molecule has 84 valence electrons. The number of hydrogen-bond acceptors (Lipinski definition) is 4. The minimum absolute atomic E-state index is 0.177. The molecule has 2 atom stereocenters. The zero-order valence-corrected chi connectivity index (χ0v) is 11.2. The molecule has 0 aliphatic heterocycles. The fourth-order valence-electron chi connectivity index (χ4n) is 1.28. The summed E-state index contributed by atoms with van der Waals surface area (Å²) < 4.78 is 0.949. The van der Waals surface area contributed by atoms with Crippen molar-refractivity contribution in [2.75, 3.05) is 18.2 Å². The summed E-state index contributed by atoms with van der Waals surface area (Å²) in [5.74, 6) is 0. The second-order valence-corrected chi connectivity index (χ2v) is 5.27. The van der Waals surface area contributed by atoms with E-state index in [1.165, 1.54) is 0 Å². The van der Waals surface area contributed by atoms with E-state index in [4.69, 9.17) is 5.11 Å². The summed E-state index contributed by atoms with van der Waals surface area (Å²) in [5, 5.41) is 12.7. The molecule has 5 heteroatoms. The topological polar surface area (TPSA) is 45.1 Å². The molecule has 0 amide bonds. The van der Waals surface area contributed by atoms with Crippen LogP contribution >= 0.6 is 27.7 Å². The zero-order valence-electron chi connectivity index (χ0n) is 8.77. The van der Waals surface area contributed by atoms with Gasteiger partial charge in [0, 0.05) is 22.0 Å². The summed E-state index contributed by atoms with van der Waals surface area (Å²) in [6.45, 7) is 2.23. The monoisotopic (exact) mass is 290 g/mol. The van der Waals surface area contributed by atoms with Gasteiger partial charge in [0.15, 0.2) is 0 Å². The quantitative estimate of drug-likeness (QED) is 0.874. The van der Waals surface area contributed by atoms with Gasteiger partial charge in [0.25, 0.3) is 0 Å². The number of anilines is 1. The van der Waals surface area contributed by atoms with Crippen LogP contribution in [-0.4, -0.2) is 34.2 Å². The van der Waals surface area contributed by atoms with Crippen LogP contribution in [0.2, 0.25) is 0 Å². The van der Waals surface area contributed by atoms with Crippen LogP contribution in [0.5, 0.6) is 0 Å². The van der Waals surface area contributed by atoms with E-state index in [1.807, 2.05) is 12.3 Å². The number of aliphatic hydroxyl groups is 1. The van der Waals surface area contributed by atoms with Gasteiger partial charge in [-0.25, -0.2) is 0 Å². The fourth-order valence-corrected chi connectivity index (χ4v) is 2.27. The first-order valence-corrected chi connectivity index (χ1v) is 6.76. The van der Waals surface area contributed by atoms with Crippen molar-refractivity contribution in [1.82, 2.24) is 4.98 Å². The third-order valence-corrected chi connectivity index (χ3v) is 3.74. The van der Waals surface area contributed by atoms with Crippen molar-refractivity contribution in [3.8, 4) is 0 Å². The summed E-state index contributed by atoms with van der Waals surface area (Å²) >= 11 is 5.02. The molecule has 2 N–H and O–H groups in total. The first-order chi connectivity index (χ1) is 7.17. The minimum Gasteiger partial charge on any atom is -0.395 e. The largest absolute Gasteiger partial charge is 0.395 e. The van der Waals surface area contributed by atoms with E-state index in [-0.39, 0.29) is 17.9 Å². The molecule has 1 aromatic heterocycles. The second kappa shape index (κ2) is 6.35. The van der Waals surface area contributed by atoms with Crippen molar-refractivity contribution >= 4 is 33.4 Å². The number of halogens is 1. The molecule has 0 aromatic carbocycles. The van der Waals surface area contributed by atoms with Crippen molar-refractivity contribution in [3.05, 3.63) is 22.9 Å². The van der Waals surface area contributed by atoms with E-state index in [0.29, 0.717) is 0 Å². The summed E-state index contributed by atoms with van der Waals surface area (Å²) in [4.78, 5) is 4.07. The van der Waals surface area contributed by atoms with E-state index in [1.54, 1.807) is 24.2 Å². The Balaban J connectivity index is 2.61. The van der Waals surface area contributed by atoms with E-state index in [0.717, 1.165) is 10.2 Å². The molecule has 0 radical (unpaired) electrons. The molecular formula is C10H15BrN2OS. The highest BCUT2D eigenvalue weighted by Gasteiger charge is 2.14. The van der Waals surface area contributed by atoms with Crippen molar-refractivity contribution < 1.29 is 5.11 Å². The van der Waals surface area contributed by atoms with E-state index < -0.39 is 0 Å². The molecule has 0 saturated carbocycles. The minimum atomic E-state index is 0.177. The van der Waals surface area contributed by atoms with E-state index >= 15 is 0 Å². The first kappa shape index (κ1) is 12.8. The molecule has 1 heterocycles. The molecular weight excluding hydrogens is 276 g/mol. The highest BCUT2D eigenvalue weighted by molar-refractivity contribution is 9.10. The number of rotatable bonds is 5. The van der Waals surface area contributed by atoms with Crippen molar-refractivity contribution in [2.45, 2.75) is 18.2 Å². The Morgan fingerprint density at radius 2 is 2.33 bits per heavy atom. The number of nitrogens with zero attached hydrogens (tertiary/aromatic N) is 1. The molecule has 1 rings (SSSR count). The van der Waals surface area contributed by atoms with Gasteiger partial charge in [-0.1, -0.05) is 0 Å². The Kier molecular flexibility index (Phi) is 5.42. The smallest absolute Gasteiger partial charge is 0.0569 e. The summed E-state index contributed by atoms with van der Waals surface area (Å²) in [6, 6.07) is 2.18. The van der Waals surface area contributed by atoms with Gasteiger partial charge in [0.2, 0.25) is 0 Å². The van der Waals surface area contributed by atoms with Crippen LogP contribution < -0.4 is 5.32 Å². The Bertz CT molecular complexity index is 307. The molecule has 0 bridgehead atoms. The zero-order chi connectivity index (χ0) is 11.3. The number of pyridine rings is 1. The second-order valence-electron chi connectivity index (χ2n) is 3.28. The van der Waals surface area contributed by atoms with Crippen molar-refractivity contribution in [3.63, 3.8) is 0 Å². The standard InChI is InChI=1S/C10H15BrN2OS/c1-7(10(6-14)15-2)13-9-3-8(11)4-12-5-9/h3-5,7,10,13-14H,6H2,1-2H3/t7-,10+/m1/s1. The average Bonchev–Trinajstić information content (AvgIpc) is 2.19. The van der Waals surface area contributed by atoms with Gasteiger partial charge in [-0.3, -0.25) is 4.98 Å². The van der Waals surface area contributed by atoms with Crippen LogP contribution in [0.15, 0.2) is 22.9 Å². The Labute approximate surface area is 103 Å². The first-order valence-electron chi connectivity index (χ1n) is 4.68. The van der Waals surface area contributed by atoms with Crippen LogP contribution in [0.1, 0.15) is 6.92 Å². The Morgan fingerprint density at radius 3 is 2.87 bits per heavy atom. The Hall–Kier alpha value is -0.260. The van der Waals surface area contributed by atoms with Gasteiger partial charge >= 0.3 is 0 Å². The van der Waals surface area contributed by atoms with Gasteiger partial charge < -0.3 is 10.4 Å². The maximum Gasteiger partial charge on any atom is 0.0569 e. The van der Waals surface area contributed by atoms with Gasteiger partial charge in [0.1, 0.15) is 0 Å². The van der Waals surface area contributed by atoms with Crippen LogP contribution in [0.3, 0.4) is 0 Å². The van der Waals surface area contributed by atoms with Gasteiger partial charge in [-0.05, 0) is 35.2 Å². The van der Waals surface area contributed by atoms with Gasteiger partial charge in [0.05, 0.1) is 18.5 Å². The van der Waals surface area contributed by atoms with Crippen LogP contribution in [0.4, 0.5) is 5.69 Å². The van der Waals surface area contributed by atoms with E-state index in [9.17, 15) is 0 Å². The lowest BCUT2D eigenvalue weighted by Gasteiger charge is -2.22. The van der Waals surface area contributed by atoms with Gasteiger partial charge in [-0.2, -0.15) is 11.8 Å². The predicted octanol–water partition coefficient (Wildman–Crippen LogP) is 2.37. The lowest BCUT2D eigenvalue weighted by Crippen LogP contribution is -2.30. The SMILES string of the molecule is CS[C@@H](CO)[C@@H](C)Nc1cncc(Br)c1. The molecule has 1 aromatic rings. The lowest BCUT2D eigenvalue weighted by molar-refractivity contribution is 0.288. The molecule has 3 nitrogen and oxygen atoms in total. The number of aliphatic hydroxyl groups excluding tert-OH is 1. The molecule has 0 fully saturated rings. The summed E-state index contributed by atoms with van der Waals surface area (Å²) in [7, 11) is 0. The molecule has 15 heavy (non-hydrogen) atoms. The third kappa shape index (κ3) is 4.01. The van der Waals surface area contributed by atoms with Crippen LogP contribution in [0, 0.1) is 0 Å². The number of nitrogens with one attached hydrogen (secondary N) is 1. The maximum atomic E-state index is 9.14. The lowest BCUT2D eigenvalue weighted by atomic mass is 10.2. The van der Waals surface area contributed by atoms with Crippen LogP contribution in [-0.2, 0) is 0 Å². The maximum absolute atomic E-state index is 9.14. The van der Waals surface area contributed by atoms with Crippen LogP contribution in [0.25, 0.3) is 0 Å². The molecule has 0 unspecified atom stereocenters. The molecule has 0 saturated heterocycles. The summed E-state index contributed by atoms with van der Waals surface area (Å²) in [6.07, 6.45) is 5.52. The molecule has 0 aliphatic rings. The number of aromatic nitrogens is 1. The van der Waals surface area contributed by atoms with Gasteiger partial charge in [-0.15, -0.1) is 0 Å². The van der Waals surface area contributed by atoms with Crippen molar-refractivity contribution in [1.29, 1.82) is 0 Å². The fraction of sp³-hybridized carbons (Fsp3) is 0.500. The Morgan fingerprint density at radius 1 is 1.60 bits per heavy atom. The highest BCUT2D eigenvalue weighted by atomic mass is 79.9. The summed E-state index contributed by atoms with van der Waals surface area (Å²) in [5.41, 5.74) is 0.962. The highest BCUT2D eigenvalue weighted by Crippen LogP contribution is 2.18. The average molecular weight is 291 g/mol.